The molecule has 0 radical (unpaired) electrons. The van der Waals surface area contributed by atoms with Crippen molar-refractivity contribution in [3.8, 4) is 12.3 Å². The first-order valence-electron chi connectivity index (χ1n) is 4.40. The second-order valence-electron chi connectivity index (χ2n) is 2.77. The largest absolute Gasteiger partial charge is 0.374 e. The number of nitrogens with one attached hydrogen (secondary N) is 1. The molecule has 0 heterocycles. The number of nitrogens with two attached hydrogens (primary N) is 1. The van der Waals surface area contributed by atoms with E-state index in [1.54, 1.807) is 0 Å². The number of hydrogen-bond acceptors (Lipinski definition) is 3. The highest BCUT2D eigenvalue weighted by molar-refractivity contribution is 5.81. The van der Waals surface area contributed by atoms with Crippen LogP contribution >= 0.6 is 0 Å². The third kappa shape index (κ3) is 7.85. The summed E-state index contributed by atoms with van der Waals surface area (Å²) in [5.74, 6) is 1.84. The van der Waals surface area contributed by atoms with E-state index in [1.807, 2.05) is 0 Å². The van der Waals surface area contributed by atoms with Crippen LogP contribution in [0.5, 0.6) is 0 Å². The molecule has 0 spiro atoms. The summed E-state index contributed by atoms with van der Waals surface area (Å²) < 4.78 is 27.7. The van der Waals surface area contributed by atoms with Gasteiger partial charge in [-0.15, -0.1) is 12.3 Å². The van der Waals surface area contributed by atoms with E-state index in [-0.39, 0.29) is 19.6 Å². The Kier molecular flexibility index (Phi) is 7.50. The van der Waals surface area contributed by atoms with E-state index in [2.05, 4.69) is 16.0 Å². The summed E-state index contributed by atoms with van der Waals surface area (Å²) in [7, 11) is 0. The molecule has 86 valence electrons. The second kappa shape index (κ2) is 8.15. The van der Waals surface area contributed by atoms with Gasteiger partial charge in [0.2, 0.25) is 5.91 Å². The van der Waals surface area contributed by atoms with Gasteiger partial charge in [-0.25, -0.2) is 8.78 Å². The zero-order valence-corrected chi connectivity index (χ0v) is 8.21. The maximum Gasteiger partial charge on any atom is 0.261 e. The van der Waals surface area contributed by atoms with Crippen molar-refractivity contribution >= 4 is 5.91 Å². The summed E-state index contributed by atoms with van der Waals surface area (Å²) in [5.41, 5.74) is 5.38. The van der Waals surface area contributed by atoms with Gasteiger partial charge in [0.25, 0.3) is 6.43 Å². The number of carbonyl (C=O) groups excluding carboxylic acids is 1. The molecular formula is C9H14F2N2O2. The molecule has 15 heavy (non-hydrogen) atoms. The fraction of sp³-hybridized carbons (Fsp3) is 0.667. The van der Waals surface area contributed by atoms with Crippen molar-refractivity contribution in [2.75, 3.05) is 19.8 Å². The smallest absolute Gasteiger partial charge is 0.261 e. The third-order valence-corrected chi connectivity index (χ3v) is 1.46. The molecule has 6 heteroatoms. The number of alkyl halides is 2. The Morgan fingerprint density at radius 1 is 1.60 bits per heavy atom. The number of hydrogen-bond donors (Lipinski definition) is 2. The lowest BCUT2D eigenvalue weighted by Crippen LogP contribution is -2.41. The summed E-state index contributed by atoms with van der Waals surface area (Å²) in [6.07, 6.45) is 2.61. The molecular weight excluding hydrogens is 206 g/mol. The average Bonchev–Trinajstić information content (AvgIpc) is 2.16. The topological polar surface area (TPSA) is 64.4 Å². The highest BCUT2D eigenvalue weighted by Gasteiger charge is 2.10. The van der Waals surface area contributed by atoms with E-state index in [1.165, 1.54) is 0 Å². The van der Waals surface area contributed by atoms with Crippen LogP contribution in [-0.2, 0) is 9.53 Å². The molecule has 0 saturated carbocycles. The number of terminal acetylenes is 1. The van der Waals surface area contributed by atoms with Gasteiger partial charge in [0.05, 0.1) is 12.6 Å². The monoisotopic (exact) mass is 220 g/mol. The molecule has 1 unspecified atom stereocenters. The third-order valence-electron chi connectivity index (χ3n) is 1.46. The zero-order chi connectivity index (χ0) is 11.7. The molecule has 0 rings (SSSR count). The van der Waals surface area contributed by atoms with Gasteiger partial charge in [-0.3, -0.25) is 4.79 Å². The summed E-state index contributed by atoms with van der Waals surface area (Å²) in [5, 5.41) is 2.41. The first-order valence-corrected chi connectivity index (χ1v) is 4.40. The lowest BCUT2D eigenvalue weighted by molar-refractivity contribution is -0.122. The molecule has 0 aliphatic rings. The number of ether oxygens (including phenoxy) is 1. The summed E-state index contributed by atoms with van der Waals surface area (Å²) in [4.78, 5) is 11.1. The van der Waals surface area contributed by atoms with Crippen molar-refractivity contribution in [3.05, 3.63) is 0 Å². The van der Waals surface area contributed by atoms with Crippen molar-refractivity contribution in [3.63, 3.8) is 0 Å². The summed E-state index contributed by atoms with van der Waals surface area (Å²) in [6, 6.07) is -0.759. The van der Waals surface area contributed by atoms with Gasteiger partial charge in [-0.1, -0.05) is 0 Å². The highest BCUT2D eigenvalue weighted by Crippen LogP contribution is 1.91. The first kappa shape index (κ1) is 13.8. The maximum atomic E-state index is 11.6. The molecule has 0 aliphatic heterocycles. The number of rotatable bonds is 7. The van der Waals surface area contributed by atoms with Gasteiger partial charge in [-0.05, 0) is 0 Å². The Hall–Kier alpha value is -1.19. The molecule has 0 bridgehead atoms. The molecule has 4 nitrogen and oxygen atoms in total. The quantitative estimate of drug-likeness (QED) is 0.459. The van der Waals surface area contributed by atoms with Crippen LogP contribution in [0.15, 0.2) is 0 Å². The summed E-state index contributed by atoms with van der Waals surface area (Å²) >= 11 is 0. The van der Waals surface area contributed by atoms with Crippen molar-refractivity contribution in [2.24, 2.45) is 5.73 Å². The molecule has 1 amide bonds. The molecule has 0 aliphatic carbocycles. The molecule has 0 saturated heterocycles. The van der Waals surface area contributed by atoms with Gasteiger partial charge in [-0.2, -0.15) is 0 Å². The predicted octanol–water partition coefficient (Wildman–Crippen LogP) is -0.265. The van der Waals surface area contributed by atoms with Crippen LogP contribution in [0.1, 0.15) is 6.42 Å². The first-order chi connectivity index (χ1) is 7.07. The molecule has 1 atom stereocenters. The fourth-order valence-corrected chi connectivity index (χ4v) is 0.770. The zero-order valence-electron chi connectivity index (χ0n) is 8.21. The Balaban J connectivity index is 3.43. The normalized spacial score (nSPS) is 12.2. The van der Waals surface area contributed by atoms with Gasteiger partial charge in [0.15, 0.2) is 0 Å². The van der Waals surface area contributed by atoms with Gasteiger partial charge in [0.1, 0.15) is 6.61 Å². The number of halogens is 2. The summed E-state index contributed by atoms with van der Waals surface area (Å²) in [6.45, 7) is -0.463. The second-order valence-corrected chi connectivity index (χ2v) is 2.77. The Morgan fingerprint density at radius 3 is 2.80 bits per heavy atom. The predicted molar refractivity (Wildman–Crippen MR) is 51.3 cm³/mol. The van der Waals surface area contributed by atoms with Crippen molar-refractivity contribution in [1.29, 1.82) is 0 Å². The molecule has 0 aromatic heterocycles. The molecule has 0 aromatic carbocycles. The minimum atomic E-state index is -2.50. The van der Waals surface area contributed by atoms with Crippen LogP contribution in [0.3, 0.4) is 0 Å². The minimum absolute atomic E-state index is 0.0266. The van der Waals surface area contributed by atoms with Crippen molar-refractivity contribution < 1.29 is 18.3 Å². The maximum absolute atomic E-state index is 11.6. The highest BCUT2D eigenvalue weighted by atomic mass is 19.3. The number of amides is 1. The van der Waals surface area contributed by atoms with Crippen LogP contribution in [0.4, 0.5) is 8.78 Å². The van der Waals surface area contributed by atoms with E-state index in [0.29, 0.717) is 0 Å². The van der Waals surface area contributed by atoms with Crippen LogP contribution in [0.25, 0.3) is 0 Å². The van der Waals surface area contributed by atoms with E-state index < -0.39 is 25.0 Å². The lowest BCUT2D eigenvalue weighted by Gasteiger charge is -2.09. The fourth-order valence-electron chi connectivity index (χ4n) is 0.770. The van der Waals surface area contributed by atoms with Crippen LogP contribution in [0.2, 0.25) is 0 Å². The Labute approximate surface area is 87.2 Å². The molecule has 3 N–H and O–H groups in total. The van der Waals surface area contributed by atoms with Gasteiger partial charge >= 0.3 is 0 Å². The Morgan fingerprint density at radius 2 is 2.27 bits per heavy atom. The van der Waals surface area contributed by atoms with E-state index in [4.69, 9.17) is 12.2 Å². The van der Waals surface area contributed by atoms with Gasteiger partial charge < -0.3 is 15.8 Å². The van der Waals surface area contributed by atoms with Crippen molar-refractivity contribution in [1.82, 2.24) is 5.32 Å². The van der Waals surface area contributed by atoms with E-state index in [9.17, 15) is 13.6 Å². The minimum Gasteiger partial charge on any atom is -0.374 e. The standard InChI is InChI=1S/C9H14F2N2O2/c1-2-3-7(12)9(14)13-4-5-15-6-8(10)11/h1,7-8H,3-6,12H2,(H,13,14). The van der Waals surface area contributed by atoms with Gasteiger partial charge in [0, 0.05) is 13.0 Å². The average molecular weight is 220 g/mol. The Bertz CT molecular complexity index is 229. The van der Waals surface area contributed by atoms with Crippen LogP contribution in [-0.4, -0.2) is 38.1 Å². The van der Waals surface area contributed by atoms with E-state index >= 15 is 0 Å². The lowest BCUT2D eigenvalue weighted by atomic mass is 10.2. The van der Waals surface area contributed by atoms with Crippen LogP contribution < -0.4 is 11.1 Å². The molecule has 0 fully saturated rings. The SMILES string of the molecule is C#CCC(N)C(=O)NCCOCC(F)F. The van der Waals surface area contributed by atoms with E-state index in [0.717, 1.165) is 0 Å². The number of carbonyl (C=O) groups is 1. The molecule has 0 aromatic rings. The van der Waals surface area contributed by atoms with Crippen molar-refractivity contribution in [2.45, 2.75) is 18.9 Å². The van der Waals surface area contributed by atoms with Crippen LogP contribution in [0, 0.1) is 12.3 Å².